The lowest BCUT2D eigenvalue weighted by Crippen LogP contribution is -2.44. The van der Waals surface area contributed by atoms with Gasteiger partial charge in [0.05, 0.1) is 39.2 Å². The van der Waals surface area contributed by atoms with Crippen molar-refractivity contribution in [2.24, 2.45) is 5.16 Å². The van der Waals surface area contributed by atoms with Crippen LogP contribution in [0.1, 0.15) is 36.0 Å². The van der Waals surface area contributed by atoms with Gasteiger partial charge in [0.25, 0.3) is 0 Å². The van der Waals surface area contributed by atoms with Crippen molar-refractivity contribution in [3.05, 3.63) is 108 Å². The van der Waals surface area contributed by atoms with Crippen molar-refractivity contribution in [1.82, 2.24) is 0 Å². The van der Waals surface area contributed by atoms with Crippen molar-refractivity contribution in [2.75, 3.05) is 13.2 Å². The average Bonchev–Trinajstić information content (AvgIpc) is 2.98. The first-order valence-electron chi connectivity index (χ1n) is 13.2. The second-order valence-corrected chi connectivity index (χ2v) is 9.25. The van der Waals surface area contributed by atoms with E-state index in [0.29, 0.717) is 26.4 Å². The molecule has 7 nitrogen and oxygen atoms in total. The maximum absolute atomic E-state index is 11.2. The van der Waals surface area contributed by atoms with E-state index in [9.17, 15) is 5.11 Å². The zero-order chi connectivity index (χ0) is 26.3. The van der Waals surface area contributed by atoms with Crippen LogP contribution >= 0.6 is 0 Å². The summed E-state index contributed by atoms with van der Waals surface area (Å²) >= 11 is 0. The molecule has 3 aromatic carbocycles. The largest absolute Gasteiger partial charge is 0.388 e. The predicted molar refractivity (Wildman–Crippen MR) is 145 cm³/mol. The van der Waals surface area contributed by atoms with E-state index in [1.54, 1.807) is 6.21 Å². The van der Waals surface area contributed by atoms with Gasteiger partial charge in [0.1, 0.15) is 18.3 Å². The van der Waals surface area contributed by atoms with E-state index < -0.39 is 18.3 Å². The van der Waals surface area contributed by atoms with Crippen LogP contribution in [0.5, 0.6) is 0 Å². The molecule has 0 radical (unpaired) electrons. The minimum absolute atomic E-state index is 0.0694. The van der Waals surface area contributed by atoms with Crippen molar-refractivity contribution in [1.29, 1.82) is 0 Å². The summed E-state index contributed by atoms with van der Waals surface area (Å²) in [4.78, 5) is 5.60. The van der Waals surface area contributed by atoms with Gasteiger partial charge in [0, 0.05) is 6.42 Å². The SMILES string of the molecule is O[C@@H](COCc1ccccc1)[C@@H](OCc1ccccc1)[C@@H](C=NOC1CCCCO1)OCc1ccccc1. The first kappa shape index (κ1) is 28.0. The van der Waals surface area contributed by atoms with Gasteiger partial charge >= 0.3 is 0 Å². The smallest absolute Gasteiger partial charge is 0.226 e. The van der Waals surface area contributed by atoms with E-state index in [0.717, 1.165) is 36.0 Å². The van der Waals surface area contributed by atoms with Gasteiger partial charge in [-0.15, -0.1) is 0 Å². The third-order valence-corrected chi connectivity index (χ3v) is 6.20. The van der Waals surface area contributed by atoms with Crippen molar-refractivity contribution in [3.8, 4) is 0 Å². The fourth-order valence-electron chi connectivity index (χ4n) is 4.10. The van der Waals surface area contributed by atoms with E-state index in [4.69, 9.17) is 23.8 Å². The number of benzene rings is 3. The second kappa shape index (κ2) is 16.0. The summed E-state index contributed by atoms with van der Waals surface area (Å²) in [5, 5.41) is 15.4. The highest BCUT2D eigenvalue weighted by molar-refractivity contribution is 5.63. The molecule has 7 heteroatoms. The topological polar surface area (TPSA) is 78.7 Å². The third-order valence-electron chi connectivity index (χ3n) is 6.20. The Balaban J connectivity index is 1.46. The second-order valence-electron chi connectivity index (χ2n) is 9.25. The van der Waals surface area contributed by atoms with E-state index in [2.05, 4.69) is 5.16 Å². The van der Waals surface area contributed by atoms with Gasteiger partial charge in [-0.1, -0.05) is 96.2 Å². The minimum Gasteiger partial charge on any atom is -0.388 e. The highest BCUT2D eigenvalue weighted by Crippen LogP contribution is 2.17. The Morgan fingerprint density at radius 1 is 0.789 bits per heavy atom. The Kier molecular flexibility index (Phi) is 11.8. The fourth-order valence-corrected chi connectivity index (χ4v) is 4.10. The molecule has 1 fully saturated rings. The van der Waals surface area contributed by atoms with Crippen molar-refractivity contribution in [2.45, 2.75) is 63.7 Å². The van der Waals surface area contributed by atoms with E-state index in [1.807, 2.05) is 91.0 Å². The number of ether oxygens (including phenoxy) is 4. The molecule has 0 aliphatic carbocycles. The van der Waals surface area contributed by atoms with E-state index >= 15 is 0 Å². The summed E-state index contributed by atoms with van der Waals surface area (Å²) in [6.07, 6.45) is 1.60. The first-order chi connectivity index (χ1) is 18.8. The van der Waals surface area contributed by atoms with Crippen molar-refractivity contribution in [3.63, 3.8) is 0 Å². The maximum Gasteiger partial charge on any atom is 0.226 e. The molecule has 0 saturated carbocycles. The molecule has 38 heavy (non-hydrogen) atoms. The molecule has 0 amide bonds. The number of rotatable bonds is 15. The minimum atomic E-state index is -0.972. The summed E-state index contributed by atoms with van der Waals surface area (Å²) in [5.41, 5.74) is 3.01. The van der Waals surface area contributed by atoms with Crippen LogP contribution in [0, 0.1) is 0 Å². The molecule has 1 saturated heterocycles. The molecule has 1 N–H and O–H groups in total. The number of hydrogen-bond donors (Lipinski definition) is 1. The standard InChI is InChI=1S/C31H37NO6/c33-28(24-34-21-25-12-4-1-5-13-25)31(37-23-27-16-8-3-9-17-27)29(36-22-26-14-6-2-7-15-26)20-32-38-30-18-10-11-19-35-30/h1-9,12-17,20,28-31,33H,10-11,18-19,21-24H2/t28-,29+,30?,31+/m0/s1. The quantitative estimate of drug-likeness (QED) is 0.218. The van der Waals surface area contributed by atoms with Gasteiger partial charge in [-0.2, -0.15) is 0 Å². The van der Waals surface area contributed by atoms with Crippen LogP contribution < -0.4 is 0 Å². The number of hydrogen-bond acceptors (Lipinski definition) is 7. The zero-order valence-corrected chi connectivity index (χ0v) is 21.6. The Labute approximate surface area is 224 Å². The van der Waals surface area contributed by atoms with Gasteiger partial charge in [-0.05, 0) is 29.5 Å². The number of aliphatic hydroxyl groups is 1. The maximum atomic E-state index is 11.2. The molecule has 0 spiro atoms. The van der Waals surface area contributed by atoms with Crippen LogP contribution in [0.25, 0.3) is 0 Å². The Hall–Kier alpha value is -3.07. The molecular formula is C31H37NO6. The Morgan fingerprint density at radius 3 is 1.95 bits per heavy atom. The number of oxime groups is 1. The van der Waals surface area contributed by atoms with Gasteiger partial charge in [0.2, 0.25) is 6.29 Å². The monoisotopic (exact) mass is 519 g/mol. The van der Waals surface area contributed by atoms with Gasteiger partial charge in [-0.3, -0.25) is 0 Å². The average molecular weight is 520 g/mol. The summed E-state index contributed by atoms with van der Waals surface area (Å²) in [6.45, 7) is 1.73. The van der Waals surface area contributed by atoms with Crippen LogP contribution in [-0.4, -0.2) is 49.1 Å². The van der Waals surface area contributed by atoms with Crippen molar-refractivity contribution < 1.29 is 28.9 Å². The van der Waals surface area contributed by atoms with Crippen LogP contribution in [0.3, 0.4) is 0 Å². The molecule has 3 aromatic rings. The predicted octanol–water partition coefficient (Wildman–Crippen LogP) is 5.26. The molecule has 4 atom stereocenters. The van der Waals surface area contributed by atoms with Crippen LogP contribution in [-0.2, 0) is 43.6 Å². The highest BCUT2D eigenvalue weighted by Gasteiger charge is 2.30. The summed E-state index contributed by atoms with van der Waals surface area (Å²) in [7, 11) is 0. The molecule has 1 unspecified atom stereocenters. The summed E-state index contributed by atoms with van der Waals surface area (Å²) < 4.78 is 24.0. The van der Waals surface area contributed by atoms with Gasteiger partial charge < -0.3 is 28.9 Å². The molecule has 0 aromatic heterocycles. The normalized spacial score (nSPS) is 18.2. The first-order valence-corrected chi connectivity index (χ1v) is 13.2. The fraction of sp³-hybridized carbons (Fsp3) is 0.387. The van der Waals surface area contributed by atoms with Crippen molar-refractivity contribution >= 4 is 6.21 Å². The van der Waals surface area contributed by atoms with Crippen LogP contribution in [0.4, 0.5) is 0 Å². The van der Waals surface area contributed by atoms with E-state index in [1.165, 1.54) is 0 Å². The summed E-state index contributed by atoms with van der Waals surface area (Å²) in [6, 6.07) is 29.5. The van der Waals surface area contributed by atoms with Gasteiger partial charge in [-0.25, -0.2) is 0 Å². The summed E-state index contributed by atoms with van der Waals surface area (Å²) in [5.74, 6) is 0. The lowest BCUT2D eigenvalue weighted by atomic mass is 10.1. The molecule has 202 valence electrons. The Bertz CT molecular complexity index is 1040. The van der Waals surface area contributed by atoms with Crippen LogP contribution in [0.2, 0.25) is 0 Å². The Morgan fingerprint density at radius 2 is 1.37 bits per heavy atom. The van der Waals surface area contributed by atoms with Crippen LogP contribution in [0.15, 0.2) is 96.2 Å². The molecule has 1 aliphatic heterocycles. The van der Waals surface area contributed by atoms with E-state index in [-0.39, 0.29) is 12.9 Å². The number of nitrogens with zero attached hydrogens (tertiary/aromatic N) is 1. The number of aliphatic hydroxyl groups excluding tert-OH is 1. The molecular weight excluding hydrogens is 482 g/mol. The van der Waals surface area contributed by atoms with Gasteiger partial charge in [0.15, 0.2) is 0 Å². The lowest BCUT2D eigenvalue weighted by molar-refractivity contribution is -0.163. The molecule has 4 rings (SSSR count). The third kappa shape index (κ3) is 9.67. The lowest BCUT2D eigenvalue weighted by Gasteiger charge is -2.29. The molecule has 0 bridgehead atoms. The highest BCUT2D eigenvalue weighted by atomic mass is 16.8. The zero-order valence-electron chi connectivity index (χ0n) is 21.6. The molecule has 1 aliphatic rings. The molecule has 1 heterocycles.